The molecule has 0 atom stereocenters. The molecular formula is C10H12ClN3O4S. The van der Waals surface area contributed by atoms with E-state index in [4.69, 9.17) is 22.5 Å². The first-order chi connectivity index (χ1) is 8.73. The summed E-state index contributed by atoms with van der Waals surface area (Å²) in [6.07, 6.45) is 0.954. The molecule has 0 aliphatic rings. The van der Waals surface area contributed by atoms with E-state index in [2.05, 4.69) is 10.5 Å². The maximum Gasteiger partial charge on any atom is 0.239 e. The van der Waals surface area contributed by atoms with Crippen LogP contribution in [-0.4, -0.2) is 37.4 Å². The molecule has 0 fully saturated rings. The van der Waals surface area contributed by atoms with Gasteiger partial charge in [-0.3, -0.25) is 4.79 Å². The van der Waals surface area contributed by atoms with E-state index in [1.807, 2.05) is 0 Å². The van der Waals surface area contributed by atoms with Crippen molar-refractivity contribution in [2.75, 3.05) is 17.3 Å². The summed E-state index contributed by atoms with van der Waals surface area (Å²) < 4.78 is 21.9. The summed E-state index contributed by atoms with van der Waals surface area (Å²) in [7, 11) is -3.41. The molecule has 0 bridgehead atoms. The molecule has 1 aromatic rings. The van der Waals surface area contributed by atoms with Gasteiger partial charge >= 0.3 is 0 Å². The number of benzene rings is 1. The number of nitrogens with zero attached hydrogens (tertiary/aromatic N) is 1. The van der Waals surface area contributed by atoms with Crippen molar-refractivity contribution in [3.63, 3.8) is 0 Å². The Labute approximate surface area is 115 Å². The number of carbonyl (C=O) groups is 1. The highest BCUT2D eigenvalue weighted by molar-refractivity contribution is 7.91. The molecule has 1 rings (SSSR count). The van der Waals surface area contributed by atoms with Crippen molar-refractivity contribution in [1.29, 1.82) is 0 Å². The molecule has 9 heteroatoms. The number of rotatable bonds is 4. The van der Waals surface area contributed by atoms with Crippen LogP contribution >= 0.6 is 11.6 Å². The molecule has 0 aromatic heterocycles. The van der Waals surface area contributed by atoms with E-state index in [1.54, 1.807) is 0 Å². The van der Waals surface area contributed by atoms with Crippen LogP contribution in [-0.2, 0) is 14.6 Å². The van der Waals surface area contributed by atoms with Gasteiger partial charge in [0.2, 0.25) is 5.91 Å². The Morgan fingerprint density at radius 1 is 1.53 bits per heavy atom. The summed E-state index contributed by atoms with van der Waals surface area (Å²) >= 11 is 5.89. The van der Waals surface area contributed by atoms with Crippen LogP contribution in [0, 0.1) is 0 Å². The minimum absolute atomic E-state index is 0.129. The molecule has 4 N–H and O–H groups in total. The number of carbonyl (C=O) groups excluding carboxylic acids is 1. The third kappa shape index (κ3) is 4.76. The minimum atomic E-state index is -3.41. The lowest BCUT2D eigenvalue weighted by Gasteiger charge is -2.08. The quantitative estimate of drug-likeness (QED) is 0.322. The number of hydrogen-bond donors (Lipinski definition) is 3. The van der Waals surface area contributed by atoms with Crippen molar-refractivity contribution in [1.82, 2.24) is 0 Å². The molecule has 0 saturated heterocycles. The highest BCUT2D eigenvalue weighted by Gasteiger charge is 2.13. The molecule has 1 aromatic carbocycles. The summed E-state index contributed by atoms with van der Waals surface area (Å²) in [6, 6.07) is 4.28. The Balaban J connectivity index is 2.90. The Morgan fingerprint density at radius 2 is 2.16 bits per heavy atom. The molecule has 19 heavy (non-hydrogen) atoms. The highest BCUT2D eigenvalue weighted by Crippen LogP contribution is 2.23. The van der Waals surface area contributed by atoms with Gasteiger partial charge in [-0.1, -0.05) is 16.8 Å². The van der Waals surface area contributed by atoms with E-state index in [0.717, 1.165) is 6.26 Å². The number of oxime groups is 1. The zero-order chi connectivity index (χ0) is 14.6. The van der Waals surface area contributed by atoms with Gasteiger partial charge in [0.1, 0.15) is 5.75 Å². The van der Waals surface area contributed by atoms with Crippen LogP contribution in [0.5, 0.6) is 0 Å². The van der Waals surface area contributed by atoms with Crippen LogP contribution < -0.4 is 11.1 Å². The van der Waals surface area contributed by atoms with Gasteiger partial charge in [0.05, 0.1) is 10.7 Å². The molecule has 0 saturated carbocycles. The van der Waals surface area contributed by atoms with Gasteiger partial charge < -0.3 is 16.3 Å². The van der Waals surface area contributed by atoms with Crippen molar-refractivity contribution in [2.24, 2.45) is 10.9 Å². The van der Waals surface area contributed by atoms with Gasteiger partial charge in [0.15, 0.2) is 15.7 Å². The van der Waals surface area contributed by atoms with E-state index in [1.165, 1.54) is 18.2 Å². The fraction of sp³-hybridized carbons (Fsp3) is 0.200. The second-order valence-electron chi connectivity index (χ2n) is 3.80. The number of amides is 1. The van der Waals surface area contributed by atoms with E-state index in [-0.39, 0.29) is 16.5 Å². The molecular weight excluding hydrogens is 294 g/mol. The summed E-state index contributed by atoms with van der Waals surface area (Å²) in [6.45, 7) is 0. The van der Waals surface area contributed by atoms with Gasteiger partial charge in [-0.15, -0.1) is 0 Å². The molecule has 1 amide bonds. The first-order valence-corrected chi connectivity index (χ1v) is 7.42. The van der Waals surface area contributed by atoms with E-state index >= 15 is 0 Å². The molecule has 0 heterocycles. The summed E-state index contributed by atoms with van der Waals surface area (Å²) in [5.74, 6) is -1.46. The summed E-state index contributed by atoms with van der Waals surface area (Å²) in [4.78, 5) is 11.4. The first-order valence-electron chi connectivity index (χ1n) is 4.98. The lowest BCUT2D eigenvalue weighted by atomic mass is 10.2. The standard InChI is InChI=1S/C10H12ClN3O4S/c1-19(17,18)5-9(15)13-8-3-2-6(4-7(8)11)10(12)14-16/h2-4,16H,5H2,1H3,(H2,12,14)(H,13,15). The smallest absolute Gasteiger partial charge is 0.239 e. The predicted octanol–water partition coefficient (Wildman–Crippen LogP) is 0.418. The Morgan fingerprint density at radius 3 is 2.63 bits per heavy atom. The Bertz CT molecular complexity index is 628. The number of halogens is 1. The Kier molecular flexibility index (Phi) is 4.73. The zero-order valence-electron chi connectivity index (χ0n) is 9.92. The molecule has 104 valence electrons. The zero-order valence-corrected chi connectivity index (χ0v) is 11.5. The maximum absolute atomic E-state index is 11.4. The molecule has 0 aliphatic carbocycles. The first kappa shape index (κ1) is 15.3. The van der Waals surface area contributed by atoms with Crippen LogP contribution in [0.15, 0.2) is 23.4 Å². The van der Waals surface area contributed by atoms with E-state index in [9.17, 15) is 13.2 Å². The van der Waals surface area contributed by atoms with Crippen LogP contribution in [0.4, 0.5) is 5.69 Å². The number of anilines is 1. The van der Waals surface area contributed by atoms with Crippen LogP contribution in [0.2, 0.25) is 5.02 Å². The lowest BCUT2D eigenvalue weighted by molar-refractivity contribution is -0.113. The van der Waals surface area contributed by atoms with E-state index in [0.29, 0.717) is 5.56 Å². The van der Waals surface area contributed by atoms with Crippen LogP contribution in [0.3, 0.4) is 0 Å². The predicted molar refractivity (Wildman–Crippen MR) is 72.3 cm³/mol. The minimum Gasteiger partial charge on any atom is -0.409 e. The number of hydrogen-bond acceptors (Lipinski definition) is 5. The van der Waals surface area contributed by atoms with Crippen molar-refractivity contribution < 1.29 is 18.4 Å². The topological polar surface area (TPSA) is 122 Å². The van der Waals surface area contributed by atoms with Crippen LogP contribution in [0.1, 0.15) is 5.56 Å². The highest BCUT2D eigenvalue weighted by atomic mass is 35.5. The molecule has 0 aliphatic heterocycles. The largest absolute Gasteiger partial charge is 0.409 e. The lowest BCUT2D eigenvalue weighted by Crippen LogP contribution is -2.22. The second kappa shape index (κ2) is 5.89. The van der Waals surface area contributed by atoms with Crippen molar-refractivity contribution in [3.8, 4) is 0 Å². The van der Waals surface area contributed by atoms with E-state index < -0.39 is 21.5 Å². The number of nitrogens with two attached hydrogens (primary N) is 1. The average molecular weight is 306 g/mol. The van der Waals surface area contributed by atoms with Crippen molar-refractivity contribution in [3.05, 3.63) is 28.8 Å². The molecule has 0 unspecified atom stereocenters. The van der Waals surface area contributed by atoms with Crippen LogP contribution in [0.25, 0.3) is 0 Å². The van der Waals surface area contributed by atoms with Crippen molar-refractivity contribution in [2.45, 2.75) is 0 Å². The van der Waals surface area contributed by atoms with Crippen molar-refractivity contribution >= 4 is 38.9 Å². The van der Waals surface area contributed by atoms with Gasteiger partial charge in [0, 0.05) is 11.8 Å². The molecule has 0 radical (unpaired) electrons. The van der Waals surface area contributed by atoms with Gasteiger partial charge in [-0.2, -0.15) is 0 Å². The van der Waals surface area contributed by atoms with Gasteiger partial charge in [0.25, 0.3) is 0 Å². The third-order valence-electron chi connectivity index (χ3n) is 2.04. The fourth-order valence-corrected chi connectivity index (χ4v) is 2.03. The number of nitrogens with one attached hydrogen (secondary N) is 1. The normalized spacial score (nSPS) is 12.2. The van der Waals surface area contributed by atoms with Gasteiger partial charge in [-0.05, 0) is 18.2 Å². The molecule has 0 spiro atoms. The van der Waals surface area contributed by atoms with Gasteiger partial charge in [-0.25, -0.2) is 8.42 Å². The SMILES string of the molecule is CS(=O)(=O)CC(=O)Nc1ccc(/C(N)=N/O)cc1Cl. The second-order valence-corrected chi connectivity index (χ2v) is 6.35. The third-order valence-corrected chi connectivity index (χ3v) is 3.14. The summed E-state index contributed by atoms with van der Waals surface area (Å²) in [5.41, 5.74) is 5.98. The Hall–Kier alpha value is -1.80. The fourth-order valence-electron chi connectivity index (χ4n) is 1.26. The number of sulfone groups is 1. The average Bonchev–Trinajstić information content (AvgIpc) is 2.28. The molecule has 7 nitrogen and oxygen atoms in total. The summed E-state index contributed by atoms with van der Waals surface area (Å²) in [5, 5.41) is 13.8. The maximum atomic E-state index is 11.4. The monoisotopic (exact) mass is 305 g/mol. The number of amidine groups is 1.